The molecule has 0 aliphatic carbocycles. The molecule has 1 nitrogen and oxygen atoms in total. The molecule has 1 heteroatoms. The Morgan fingerprint density at radius 1 is 1.00 bits per heavy atom. The van der Waals surface area contributed by atoms with Gasteiger partial charge in [0.05, 0.1) is 0 Å². The summed E-state index contributed by atoms with van der Waals surface area (Å²) in [7, 11) is 0. The second-order valence-corrected chi connectivity index (χ2v) is 4.14. The molecule has 0 aliphatic heterocycles. The maximum absolute atomic E-state index is 6.03. The average Bonchev–Trinajstić information content (AvgIpc) is 2.11. The van der Waals surface area contributed by atoms with Gasteiger partial charge in [-0.3, -0.25) is 0 Å². The van der Waals surface area contributed by atoms with Crippen molar-refractivity contribution in [1.82, 2.24) is 0 Å². The van der Waals surface area contributed by atoms with Crippen molar-refractivity contribution >= 4 is 0 Å². The number of rotatable bonds is 6. The molecule has 0 aromatic carbocycles. The molecule has 0 aliphatic rings. The van der Waals surface area contributed by atoms with E-state index in [1.807, 2.05) is 0 Å². The average molecular weight is 171 g/mol. The zero-order chi connectivity index (χ0) is 9.56. The largest absolute Gasteiger partial charge is 0.327 e. The first-order valence-electron chi connectivity index (χ1n) is 5.37. The number of hydrogen-bond acceptors (Lipinski definition) is 1. The van der Waals surface area contributed by atoms with Gasteiger partial charge in [-0.15, -0.1) is 0 Å². The smallest absolute Gasteiger partial charge is 0.00645 e. The zero-order valence-corrected chi connectivity index (χ0v) is 9.14. The van der Waals surface area contributed by atoms with Gasteiger partial charge in [0.1, 0.15) is 0 Å². The first-order valence-corrected chi connectivity index (χ1v) is 5.37. The highest BCUT2D eigenvalue weighted by Gasteiger charge is 2.11. The van der Waals surface area contributed by atoms with Gasteiger partial charge in [0.25, 0.3) is 0 Å². The van der Waals surface area contributed by atoms with E-state index < -0.39 is 0 Å². The molecule has 0 heterocycles. The van der Waals surface area contributed by atoms with Crippen LogP contribution in [0.2, 0.25) is 0 Å². The highest BCUT2D eigenvalue weighted by molar-refractivity contribution is 4.68. The fraction of sp³-hybridized carbons (Fsp3) is 1.00. The zero-order valence-electron chi connectivity index (χ0n) is 9.14. The quantitative estimate of drug-likeness (QED) is 0.652. The number of hydrogen-bond donors (Lipinski definition) is 1. The summed E-state index contributed by atoms with van der Waals surface area (Å²) in [4.78, 5) is 0. The second kappa shape index (κ2) is 6.47. The molecule has 3 unspecified atom stereocenters. The summed E-state index contributed by atoms with van der Waals surface area (Å²) >= 11 is 0. The van der Waals surface area contributed by atoms with Gasteiger partial charge < -0.3 is 5.73 Å². The number of nitrogens with two attached hydrogens (primary N) is 1. The third kappa shape index (κ3) is 4.76. The van der Waals surface area contributed by atoms with Crippen LogP contribution in [-0.4, -0.2) is 6.04 Å². The van der Waals surface area contributed by atoms with Crippen LogP contribution in [0.3, 0.4) is 0 Å². The van der Waals surface area contributed by atoms with Gasteiger partial charge >= 0.3 is 0 Å². The lowest BCUT2D eigenvalue weighted by molar-refractivity contribution is 0.376. The lowest BCUT2D eigenvalue weighted by Gasteiger charge is -2.19. The van der Waals surface area contributed by atoms with E-state index in [0.717, 1.165) is 5.92 Å². The van der Waals surface area contributed by atoms with Gasteiger partial charge in [-0.1, -0.05) is 40.5 Å². The van der Waals surface area contributed by atoms with Crippen LogP contribution in [0.1, 0.15) is 53.4 Å². The molecular formula is C11H25N. The first kappa shape index (κ1) is 12.0. The van der Waals surface area contributed by atoms with Crippen molar-refractivity contribution in [3.63, 3.8) is 0 Å². The van der Waals surface area contributed by atoms with Gasteiger partial charge in [0, 0.05) is 6.04 Å². The molecule has 12 heavy (non-hydrogen) atoms. The summed E-state index contributed by atoms with van der Waals surface area (Å²) in [5.74, 6) is 1.54. The minimum Gasteiger partial charge on any atom is -0.327 e. The lowest BCUT2D eigenvalue weighted by atomic mass is 9.92. The lowest BCUT2D eigenvalue weighted by Crippen LogP contribution is -2.28. The van der Waals surface area contributed by atoms with E-state index in [4.69, 9.17) is 5.73 Å². The van der Waals surface area contributed by atoms with Crippen molar-refractivity contribution in [1.29, 1.82) is 0 Å². The van der Waals surface area contributed by atoms with E-state index in [1.165, 1.54) is 25.7 Å². The maximum Gasteiger partial charge on any atom is 0.00645 e. The van der Waals surface area contributed by atoms with Crippen molar-refractivity contribution < 1.29 is 0 Å². The predicted octanol–water partition coefficient (Wildman–Crippen LogP) is 3.19. The fourth-order valence-electron chi connectivity index (χ4n) is 1.27. The van der Waals surface area contributed by atoms with E-state index in [2.05, 4.69) is 27.7 Å². The predicted molar refractivity (Wildman–Crippen MR) is 56.1 cm³/mol. The normalized spacial score (nSPS) is 18.8. The van der Waals surface area contributed by atoms with Crippen LogP contribution >= 0.6 is 0 Å². The summed E-state index contributed by atoms with van der Waals surface area (Å²) < 4.78 is 0. The van der Waals surface area contributed by atoms with Crippen molar-refractivity contribution in [2.75, 3.05) is 0 Å². The second-order valence-electron chi connectivity index (χ2n) is 4.14. The summed E-state index contributed by atoms with van der Waals surface area (Å²) in [6, 6.07) is 0.420. The van der Waals surface area contributed by atoms with Gasteiger partial charge in [-0.2, -0.15) is 0 Å². The van der Waals surface area contributed by atoms with Crippen LogP contribution in [-0.2, 0) is 0 Å². The molecule has 0 aromatic rings. The molecule has 2 N–H and O–H groups in total. The molecule has 3 atom stereocenters. The van der Waals surface area contributed by atoms with E-state index in [9.17, 15) is 0 Å². The summed E-state index contributed by atoms with van der Waals surface area (Å²) in [5, 5.41) is 0. The van der Waals surface area contributed by atoms with Crippen LogP contribution < -0.4 is 5.73 Å². The van der Waals surface area contributed by atoms with E-state index in [1.54, 1.807) is 0 Å². The Hall–Kier alpha value is -0.0400. The topological polar surface area (TPSA) is 26.0 Å². The van der Waals surface area contributed by atoms with E-state index in [-0.39, 0.29) is 0 Å². The van der Waals surface area contributed by atoms with Crippen molar-refractivity contribution in [2.45, 2.75) is 59.4 Å². The minimum atomic E-state index is 0.420. The van der Waals surface area contributed by atoms with Crippen LogP contribution in [0.5, 0.6) is 0 Å². The molecule has 74 valence electrons. The van der Waals surface area contributed by atoms with E-state index in [0.29, 0.717) is 12.0 Å². The van der Waals surface area contributed by atoms with Gasteiger partial charge in [0.2, 0.25) is 0 Å². The highest BCUT2D eigenvalue weighted by atomic mass is 14.6. The van der Waals surface area contributed by atoms with Crippen LogP contribution in [0.4, 0.5) is 0 Å². The third-order valence-electron chi connectivity index (χ3n) is 3.06. The Labute approximate surface area is 77.7 Å². The van der Waals surface area contributed by atoms with Gasteiger partial charge in [-0.25, -0.2) is 0 Å². The summed E-state index contributed by atoms with van der Waals surface area (Å²) in [5.41, 5.74) is 6.03. The molecule has 0 radical (unpaired) electrons. The molecular weight excluding hydrogens is 146 g/mol. The van der Waals surface area contributed by atoms with Crippen LogP contribution in [0, 0.1) is 11.8 Å². The minimum absolute atomic E-state index is 0.420. The third-order valence-corrected chi connectivity index (χ3v) is 3.06. The maximum atomic E-state index is 6.03. The molecule has 0 aromatic heterocycles. The summed E-state index contributed by atoms with van der Waals surface area (Å²) in [6.45, 7) is 9.03. The molecule has 0 amide bonds. The van der Waals surface area contributed by atoms with Crippen molar-refractivity contribution in [3.05, 3.63) is 0 Å². The fourth-order valence-corrected chi connectivity index (χ4v) is 1.27. The summed E-state index contributed by atoms with van der Waals surface area (Å²) in [6.07, 6.45) is 4.99. The van der Waals surface area contributed by atoms with E-state index >= 15 is 0 Å². The molecule has 0 spiro atoms. The monoisotopic (exact) mass is 171 g/mol. The Morgan fingerprint density at radius 2 is 1.58 bits per heavy atom. The van der Waals surface area contributed by atoms with Crippen LogP contribution in [0.25, 0.3) is 0 Å². The molecule has 0 rings (SSSR count). The highest BCUT2D eigenvalue weighted by Crippen LogP contribution is 2.15. The van der Waals surface area contributed by atoms with Gasteiger partial charge in [-0.05, 0) is 24.7 Å². The Morgan fingerprint density at radius 3 is 2.00 bits per heavy atom. The molecule has 0 saturated heterocycles. The molecule has 0 bridgehead atoms. The standard InChI is InChI=1S/C11H25N/c1-5-9(3)7-8-11(12)10(4)6-2/h9-11H,5-8,12H2,1-4H3. The molecule has 0 fully saturated rings. The SMILES string of the molecule is CCC(C)CCC(N)C(C)CC. The van der Waals surface area contributed by atoms with Crippen LogP contribution in [0.15, 0.2) is 0 Å². The Kier molecular flexibility index (Phi) is 6.45. The Bertz CT molecular complexity index is 101. The van der Waals surface area contributed by atoms with Crippen molar-refractivity contribution in [3.8, 4) is 0 Å². The molecule has 0 saturated carbocycles. The van der Waals surface area contributed by atoms with Crippen molar-refractivity contribution in [2.24, 2.45) is 17.6 Å². The first-order chi connectivity index (χ1) is 5.61. The Balaban J connectivity index is 3.49. The van der Waals surface area contributed by atoms with Gasteiger partial charge in [0.15, 0.2) is 0 Å².